The van der Waals surface area contributed by atoms with Gasteiger partial charge in [0.1, 0.15) is 0 Å². The Balaban J connectivity index is 1.42. The van der Waals surface area contributed by atoms with E-state index in [0.29, 0.717) is 38.2 Å². The van der Waals surface area contributed by atoms with Gasteiger partial charge in [0.15, 0.2) is 0 Å². The second kappa shape index (κ2) is 8.59. The van der Waals surface area contributed by atoms with Gasteiger partial charge in [-0.05, 0) is 42.9 Å². The molecule has 0 aromatic rings. The maximum Gasteiger partial charge on any atom is 0.409 e. The van der Waals surface area contributed by atoms with Gasteiger partial charge in [0.25, 0.3) is 0 Å². The van der Waals surface area contributed by atoms with E-state index in [0.717, 1.165) is 18.3 Å². The average Bonchev–Trinajstić information content (AvgIpc) is 2.67. The van der Waals surface area contributed by atoms with Gasteiger partial charge in [0.2, 0.25) is 5.91 Å². The third-order valence-electron chi connectivity index (χ3n) is 7.01. The third kappa shape index (κ3) is 4.51. The summed E-state index contributed by atoms with van der Waals surface area (Å²) < 4.78 is 5.61. The summed E-state index contributed by atoms with van der Waals surface area (Å²) in [5, 5.41) is 0. The first-order valence-electron chi connectivity index (χ1n) is 10.4. The molecule has 3 fully saturated rings. The lowest BCUT2D eigenvalue weighted by Crippen LogP contribution is -2.52. The average molecular weight is 366 g/mol. The van der Waals surface area contributed by atoms with Crippen LogP contribution >= 0.6 is 0 Å². The second-order valence-electron chi connectivity index (χ2n) is 8.60. The smallest absolute Gasteiger partial charge is 0.409 e. The summed E-state index contributed by atoms with van der Waals surface area (Å²) in [5.41, 5.74) is 5.77. The van der Waals surface area contributed by atoms with Crippen molar-refractivity contribution < 1.29 is 14.3 Å². The lowest BCUT2D eigenvalue weighted by Gasteiger charge is -2.47. The fourth-order valence-corrected chi connectivity index (χ4v) is 5.46. The number of carbonyl (C=O) groups excluding carboxylic acids is 2. The molecule has 3 aliphatic rings. The standard InChI is InChI=1S/C20H35N3O3/c1-2-20(13-16-4-3-5-17(12-16)14-20)6-11-26-19(25)23-9-7-22(8-10-23)18(24)15-21/h16-17H,2-15,21H2,1H3. The molecule has 0 radical (unpaired) electrons. The van der Waals surface area contributed by atoms with Crippen LogP contribution < -0.4 is 5.73 Å². The summed E-state index contributed by atoms with van der Waals surface area (Å²) >= 11 is 0. The Morgan fingerprint density at radius 3 is 2.27 bits per heavy atom. The highest BCUT2D eigenvalue weighted by Crippen LogP contribution is 2.52. The summed E-state index contributed by atoms with van der Waals surface area (Å²) in [6, 6.07) is 0. The molecular formula is C20H35N3O3. The summed E-state index contributed by atoms with van der Waals surface area (Å²) in [6.07, 6.45) is 10.2. The fraction of sp³-hybridized carbons (Fsp3) is 0.900. The number of hydrogen-bond donors (Lipinski definition) is 1. The summed E-state index contributed by atoms with van der Waals surface area (Å²) in [5.74, 6) is 1.74. The highest BCUT2D eigenvalue weighted by Gasteiger charge is 2.41. The van der Waals surface area contributed by atoms with Gasteiger partial charge in [-0.1, -0.05) is 32.6 Å². The summed E-state index contributed by atoms with van der Waals surface area (Å²) in [4.78, 5) is 27.4. The van der Waals surface area contributed by atoms with Crippen molar-refractivity contribution in [1.29, 1.82) is 0 Å². The molecule has 2 atom stereocenters. The van der Waals surface area contributed by atoms with E-state index in [1.807, 2.05) is 0 Å². The van der Waals surface area contributed by atoms with Crippen molar-refractivity contribution in [3.8, 4) is 0 Å². The lowest BCUT2D eigenvalue weighted by molar-refractivity contribution is -0.131. The van der Waals surface area contributed by atoms with E-state index >= 15 is 0 Å². The van der Waals surface area contributed by atoms with Gasteiger partial charge in [0, 0.05) is 26.2 Å². The van der Waals surface area contributed by atoms with E-state index in [9.17, 15) is 9.59 Å². The zero-order valence-electron chi connectivity index (χ0n) is 16.3. The zero-order valence-corrected chi connectivity index (χ0v) is 16.3. The fourth-order valence-electron chi connectivity index (χ4n) is 5.46. The van der Waals surface area contributed by atoms with Crippen LogP contribution in [0.25, 0.3) is 0 Å². The molecule has 1 saturated heterocycles. The van der Waals surface area contributed by atoms with Crippen molar-refractivity contribution in [2.45, 2.75) is 58.3 Å². The van der Waals surface area contributed by atoms with Gasteiger partial charge in [-0.3, -0.25) is 4.79 Å². The molecule has 3 rings (SSSR count). The summed E-state index contributed by atoms with van der Waals surface area (Å²) in [7, 11) is 0. The van der Waals surface area contributed by atoms with Crippen molar-refractivity contribution in [3.05, 3.63) is 0 Å². The second-order valence-corrected chi connectivity index (χ2v) is 8.60. The maximum absolute atomic E-state index is 12.4. The van der Waals surface area contributed by atoms with Crippen molar-refractivity contribution >= 4 is 12.0 Å². The van der Waals surface area contributed by atoms with Gasteiger partial charge in [-0.2, -0.15) is 0 Å². The Hall–Kier alpha value is -1.30. The van der Waals surface area contributed by atoms with Crippen LogP contribution in [0.5, 0.6) is 0 Å². The number of fused-ring (bicyclic) bond motifs is 2. The van der Waals surface area contributed by atoms with Crippen LogP contribution in [0.15, 0.2) is 0 Å². The van der Waals surface area contributed by atoms with Crippen LogP contribution in [0.1, 0.15) is 58.3 Å². The van der Waals surface area contributed by atoms with Crippen LogP contribution in [-0.4, -0.2) is 61.1 Å². The SMILES string of the molecule is CCC1(CCOC(=O)N2CCN(C(=O)CN)CC2)CC2CCCC(C2)C1. The molecule has 0 aromatic heterocycles. The molecule has 0 aromatic carbocycles. The molecule has 148 valence electrons. The first-order chi connectivity index (χ1) is 12.5. The van der Waals surface area contributed by atoms with Crippen molar-refractivity contribution in [1.82, 2.24) is 9.80 Å². The topological polar surface area (TPSA) is 75.9 Å². The summed E-state index contributed by atoms with van der Waals surface area (Å²) in [6.45, 7) is 5.03. The van der Waals surface area contributed by atoms with Gasteiger partial charge >= 0.3 is 6.09 Å². The molecule has 0 spiro atoms. The van der Waals surface area contributed by atoms with Crippen LogP contribution in [0.4, 0.5) is 4.79 Å². The number of ether oxygens (including phenoxy) is 1. The number of hydrogen-bond acceptors (Lipinski definition) is 4. The minimum Gasteiger partial charge on any atom is -0.449 e. The maximum atomic E-state index is 12.4. The van der Waals surface area contributed by atoms with Crippen molar-refractivity contribution in [2.75, 3.05) is 39.3 Å². The normalized spacial score (nSPS) is 31.6. The van der Waals surface area contributed by atoms with E-state index in [1.54, 1.807) is 9.80 Å². The van der Waals surface area contributed by atoms with Gasteiger partial charge < -0.3 is 20.3 Å². The highest BCUT2D eigenvalue weighted by molar-refractivity contribution is 5.78. The third-order valence-corrected chi connectivity index (χ3v) is 7.01. The predicted molar refractivity (Wildman–Crippen MR) is 101 cm³/mol. The zero-order chi connectivity index (χ0) is 18.6. The number of carbonyl (C=O) groups is 2. The Morgan fingerprint density at radius 1 is 1.08 bits per heavy atom. The van der Waals surface area contributed by atoms with E-state index in [-0.39, 0.29) is 18.5 Å². The van der Waals surface area contributed by atoms with Crippen LogP contribution in [0.2, 0.25) is 0 Å². The van der Waals surface area contributed by atoms with Gasteiger partial charge in [0.05, 0.1) is 13.2 Å². The molecule has 2 N–H and O–H groups in total. The lowest BCUT2D eigenvalue weighted by atomic mass is 9.59. The monoisotopic (exact) mass is 365 g/mol. The molecule has 1 heterocycles. The molecule has 26 heavy (non-hydrogen) atoms. The molecule has 6 nitrogen and oxygen atoms in total. The van der Waals surface area contributed by atoms with E-state index in [4.69, 9.17) is 10.5 Å². The number of nitrogens with zero attached hydrogens (tertiary/aromatic N) is 2. The van der Waals surface area contributed by atoms with Gasteiger partial charge in [-0.15, -0.1) is 0 Å². The minimum absolute atomic E-state index is 0.0333. The Bertz CT molecular complexity index is 491. The molecule has 2 aliphatic carbocycles. The Kier molecular flexibility index (Phi) is 6.43. The van der Waals surface area contributed by atoms with Crippen molar-refractivity contribution in [3.63, 3.8) is 0 Å². The number of piperazine rings is 1. The van der Waals surface area contributed by atoms with E-state index < -0.39 is 0 Å². The first-order valence-corrected chi connectivity index (χ1v) is 10.4. The quantitative estimate of drug-likeness (QED) is 0.812. The van der Waals surface area contributed by atoms with Crippen LogP contribution in [-0.2, 0) is 9.53 Å². The highest BCUT2D eigenvalue weighted by atomic mass is 16.6. The molecule has 1 aliphatic heterocycles. The van der Waals surface area contributed by atoms with E-state index in [2.05, 4.69) is 6.92 Å². The molecule has 2 amide bonds. The van der Waals surface area contributed by atoms with Crippen LogP contribution in [0, 0.1) is 17.3 Å². The molecule has 2 bridgehead atoms. The Labute approximate surface area is 157 Å². The van der Waals surface area contributed by atoms with Crippen molar-refractivity contribution in [2.24, 2.45) is 23.0 Å². The van der Waals surface area contributed by atoms with E-state index in [1.165, 1.54) is 44.9 Å². The predicted octanol–water partition coefficient (Wildman–Crippen LogP) is 2.61. The number of amides is 2. The van der Waals surface area contributed by atoms with Crippen LogP contribution in [0.3, 0.4) is 0 Å². The number of nitrogens with two attached hydrogens (primary N) is 1. The minimum atomic E-state index is -0.230. The van der Waals surface area contributed by atoms with Gasteiger partial charge in [-0.25, -0.2) is 4.79 Å². The largest absolute Gasteiger partial charge is 0.449 e. The Morgan fingerprint density at radius 2 is 1.69 bits per heavy atom. The molecule has 2 saturated carbocycles. The molecular weight excluding hydrogens is 330 g/mol. The molecule has 2 unspecified atom stereocenters. The first kappa shape index (κ1) is 19.5. The molecule has 6 heteroatoms. The number of rotatable bonds is 5.